The van der Waals surface area contributed by atoms with Crippen LogP contribution in [0.4, 0.5) is 13.2 Å². The fourth-order valence-corrected chi connectivity index (χ4v) is 4.87. The van der Waals surface area contributed by atoms with Gasteiger partial charge in [0.2, 0.25) is 0 Å². The monoisotopic (exact) mass is 547 g/mol. The number of halogens is 4. The number of imidazole rings is 1. The van der Waals surface area contributed by atoms with Gasteiger partial charge in [-0.05, 0) is 56.1 Å². The number of carbonyl (C=O) groups is 1. The Bertz CT molecular complexity index is 1710. The van der Waals surface area contributed by atoms with Crippen molar-refractivity contribution in [1.82, 2.24) is 24.4 Å². The molecular weight excluding hydrogens is 531 g/mol. The molecule has 37 heavy (non-hydrogen) atoms. The van der Waals surface area contributed by atoms with E-state index in [0.717, 1.165) is 21.5 Å². The minimum atomic E-state index is -5.28. The van der Waals surface area contributed by atoms with E-state index in [9.17, 15) is 22.8 Å². The molecule has 0 bridgehead atoms. The van der Waals surface area contributed by atoms with Crippen molar-refractivity contribution in [2.75, 3.05) is 14.1 Å². The predicted octanol–water partition coefficient (Wildman–Crippen LogP) is 5.17. The second-order valence-corrected chi connectivity index (χ2v) is 9.87. The Morgan fingerprint density at radius 2 is 1.84 bits per heavy atom. The van der Waals surface area contributed by atoms with Crippen molar-refractivity contribution in [3.05, 3.63) is 69.7 Å². The topological polar surface area (TPSA) is 93.1 Å². The van der Waals surface area contributed by atoms with E-state index < -0.39 is 23.7 Å². The Morgan fingerprint density at radius 1 is 1.11 bits per heavy atom. The van der Waals surface area contributed by atoms with Gasteiger partial charge in [0.05, 0.1) is 28.8 Å². The maximum absolute atomic E-state index is 13.6. The first-order valence-electron chi connectivity index (χ1n) is 10.7. The van der Waals surface area contributed by atoms with Crippen molar-refractivity contribution in [2.24, 2.45) is 0 Å². The molecule has 3 heterocycles. The summed E-state index contributed by atoms with van der Waals surface area (Å²) in [6.45, 7) is 0.522. The molecule has 13 heteroatoms. The average Bonchev–Trinajstić information content (AvgIpc) is 3.42. The van der Waals surface area contributed by atoms with E-state index in [2.05, 4.69) is 19.7 Å². The van der Waals surface area contributed by atoms with Gasteiger partial charge in [0, 0.05) is 9.90 Å². The molecule has 5 aromatic rings. The summed E-state index contributed by atoms with van der Waals surface area (Å²) in [6, 6.07) is 12.2. The van der Waals surface area contributed by atoms with Gasteiger partial charge in [-0.25, -0.2) is 14.3 Å². The van der Waals surface area contributed by atoms with Crippen molar-refractivity contribution < 1.29 is 22.7 Å². The molecule has 0 aliphatic carbocycles. The minimum Gasteiger partial charge on any atom is -0.385 e. The van der Waals surface area contributed by atoms with Gasteiger partial charge in [-0.2, -0.15) is 18.2 Å². The Hall–Kier alpha value is -3.74. The number of ether oxygens (including phenoxy) is 1. The number of H-pyrrole nitrogens is 1. The third kappa shape index (κ3) is 4.95. The minimum absolute atomic E-state index is 0.0945. The van der Waals surface area contributed by atoms with Crippen molar-refractivity contribution >= 4 is 50.2 Å². The fraction of sp³-hybridized carbons (Fsp3) is 0.167. The lowest BCUT2D eigenvalue weighted by molar-refractivity contribution is -0.190. The lowest BCUT2D eigenvalue weighted by Crippen LogP contribution is -2.31. The van der Waals surface area contributed by atoms with Crippen LogP contribution in [0, 0.1) is 0 Å². The van der Waals surface area contributed by atoms with Gasteiger partial charge >= 0.3 is 18.2 Å². The van der Waals surface area contributed by atoms with Crippen LogP contribution >= 0.6 is 22.9 Å². The Balaban J connectivity index is 1.69. The molecule has 2 aromatic carbocycles. The number of hydrogen-bond acceptors (Lipinski definition) is 7. The van der Waals surface area contributed by atoms with Crippen molar-refractivity contribution in [3.63, 3.8) is 0 Å². The highest BCUT2D eigenvalue weighted by molar-refractivity contribution is 7.22. The third-order valence-corrected chi connectivity index (χ3v) is 6.71. The van der Waals surface area contributed by atoms with Crippen LogP contribution < -0.4 is 10.3 Å². The lowest BCUT2D eigenvalue weighted by Gasteiger charge is -2.13. The van der Waals surface area contributed by atoms with Crippen LogP contribution in [0.25, 0.3) is 37.4 Å². The summed E-state index contributed by atoms with van der Waals surface area (Å²) in [6.07, 6.45) is -5.28. The normalized spacial score (nSPS) is 12.1. The number of aromatic amines is 1. The number of aromatic nitrogens is 4. The molecule has 0 aliphatic rings. The van der Waals surface area contributed by atoms with Gasteiger partial charge in [0.25, 0.3) is 5.56 Å². The number of alkyl halides is 3. The first-order chi connectivity index (χ1) is 17.5. The number of rotatable bonds is 5. The lowest BCUT2D eigenvalue weighted by atomic mass is 10.2. The molecule has 190 valence electrons. The predicted molar refractivity (Wildman–Crippen MR) is 134 cm³/mol. The van der Waals surface area contributed by atoms with Gasteiger partial charge in [-0.1, -0.05) is 23.7 Å². The number of fused-ring (bicyclic) bond motifs is 2. The molecule has 5 rings (SSSR count). The van der Waals surface area contributed by atoms with Gasteiger partial charge < -0.3 is 14.6 Å². The van der Waals surface area contributed by atoms with Crippen LogP contribution in [0.15, 0.2) is 53.3 Å². The molecule has 0 unspecified atom stereocenters. The smallest absolute Gasteiger partial charge is 0.385 e. The van der Waals surface area contributed by atoms with Crippen LogP contribution in [0.1, 0.15) is 5.82 Å². The fourth-order valence-electron chi connectivity index (χ4n) is 3.72. The summed E-state index contributed by atoms with van der Waals surface area (Å²) in [5, 5.41) is 0.523. The highest BCUT2D eigenvalue weighted by atomic mass is 35.5. The van der Waals surface area contributed by atoms with Crippen LogP contribution in [-0.4, -0.2) is 50.7 Å². The standard InChI is InChI=1S/C24H17ClF3N5O3S/c1-32(2)11-19-29-15-8-7-14(9-16(15)30-19)33-21(34)20-17(31-23(33)36-22(35)24(26,27)28)10-18(37-20)12-3-5-13(25)6-4-12/h3-10H,11H2,1-2H3,(H,29,30). The maximum Gasteiger partial charge on any atom is 0.491 e. The largest absolute Gasteiger partial charge is 0.491 e. The summed E-state index contributed by atoms with van der Waals surface area (Å²) in [5.74, 6) is -1.83. The van der Waals surface area contributed by atoms with Gasteiger partial charge in [0.15, 0.2) is 0 Å². The van der Waals surface area contributed by atoms with E-state index in [1.54, 1.807) is 36.4 Å². The summed E-state index contributed by atoms with van der Waals surface area (Å²) < 4.78 is 44.7. The zero-order chi connectivity index (χ0) is 26.5. The van der Waals surface area contributed by atoms with E-state index in [4.69, 9.17) is 11.6 Å². The Kier molecular flexibility index (Phi) is 6.26. The van der Waals surface area contributed by atoms with Crippen LogP contribution in [0.5, 0.6) is 6.01 Å². The van der Waals surface area contributed by atoms with Crippen LogP contribution in [-0.2, 0) is 11.3 Å². The van der Waals surface area contributed by atoms with E-state index in [-0.39, 0.29) is 15.9 Å². The zero-order valence-corrected chi connectivity index (χ0v) is 20.8. The number of nitrogens with zero attached hydrogens (tertiary/aromatic N) is 4. The highest BCUT2D eigenvalue weighted by Gasteiger charge is 2.42. The molecule has 0 fully saturated rings. The summed E-state index contributed by atoms with van der Waals surface area (Å²) in [4.78, 5) is 39.5. The number of thiophene rings is 1. The molecule has 0 amide bonds. The maximum atomic E-state index is 13.6. The number of carbonyl (C=O) groups excluding carboxylic acids is 1. The Morgan fingerprint density at radius 3 is 2.51 bits per heavy atom. The number of esters is 1. The van der Waals surface area contributed by atoms with E-state index in [1.165, 1.54) is 12.1 Å². The molecule has 0 saturated heterocycles. The number of hydrogen-bond donors (Lipinski definition) is 1. The van der Waals surface area contributed by atoms with E-state index >= 15 is 0 Å². The van der Waals surface area contributed by atoms with E-state index in [0.29, 0.717) is 33.3 Å². The summed E-state index contributed by atoms with van der Waals surface area (Å²) in [5.41, 5.74) is 1.43. The molecule has 0 aliphatic heterocycles. The second-order valence-electron chi connectivity index (χ2n) is 8.38. The second kappa shape index (κ2) is 9.29. The molecule has 3 aromatic heterocycles. The van der Waals surface area contributed by atoms with Gasteiger partial charge in [-0.3, -0.25) is 4.79 Å². The quantitative estimate of drug-likeness (QED) is 0.305. The van der Waals surface area contributed by atoms with Crippen molar-refractivity contribution in [3.8, 4) is 22.1 Å². The summed E-state index contributed by atoms with van der Waals surface area (Å²) in [7, 11) is 3.75. The average molecular weight is 548 g/mol. The van der Waals surface area contributed by atoms with Gasteiger partial charge in [0.1, 0.15) is 10.5 Å². The van der Waals surface area contributed by atoms with Crippen LogP contribution in [0.2, 0.25) is 5.02 Å². The molecular formula is C24H17ClF3N5O3S. The molecule has 8 nitrogen and oxygen atoms in total. The SMILES string of the molecule is CN(C)Cc1nc2ccc(-n3c(OC(=O)C(F)(F)F)nc4cc(-c5ccc(Cl)cc5)sc4c3=O)cc2[nH]1. The third-order valence-electron chi connectivity index (χ3n) is 5.30. The van der Waals surface area contributed by atoms with Crippen LogP contribution in [0.3, 0.4) is 0 Å². The first-order valence-corrected chi connectivity index (χ1v) is 11.9. The van der Waals surface area contributed by atoms with E-state index in [1.807, 2.05) is 19.0 Å². The molecule has 0 radical (unpaired) electrons. The molecule has 1 N–H and O–H groups in total. The summed E-state index contributed by atoms with van der Waals surface area (Å²) >= 11 is 7.07. The molecule has 0 spiro atoms. The molecule has 0 saturated carbocycles. The number of benzene rings is 2. The van der Waals surface area contributed by atoms with Crippen molar-refractivity contribution in [2.45, 2.75) is 12.7 Å². The molecule has 0 atom stereocenters. The zero-order valence-electron chi connectivity index (χ0n) is 19.3. The van der Waals surface area contributed by atoms with Gasteiger partial charge in [-0.15, -0.1) is 11.3 Å². The number of nitrogens with one attached hydrogen (secondary N) is 1. The first kappa shape index (κ1) is 24.9. The highest BCUT2D eigenvalue weighted by Crippen LogP contribution is 2.33. The van der Waals surface area contributed by atoms with Crippen molar-refractivity contribution in [1.29, 1.82) is 0 Å². The Labute approximate surface area is 215 Å².